The van der Waals surface area contributed by atoms with Crippen LogP contribution < -0.4 is 10.1 Å². The number of para-hydroxylation sites is 2. The van der Waals surface area contributed by atoms with E-state index in [4.69, 9.17) is 4.74 Å². The summed E-state index contributed by atoms with van der Waals surface area (Å²) >= 11 is 0. The molecule has 0 radical (unpaired) electrons. The van der Waals surface area contributed by atoms with Crippen LogP contribution in [0.3, 0.4) is 0 Å². The van der Waals surface area contributed by atoms with Gasteiger partial charge in [0.2, 0.25) is 0 Å². The first-order valence-electron chi connectivity index (χ1n) is 7.44. The third-order valence-corrected chi connectivity index (χ3v) is 3.54. The second-order valence-electron chi connectivity index (χ2n) is 5.00. The zero-order valence-electron chi connectivity index (χ0n) is 12.8. The highest BCUT2D eigenvalue weighted by Gasteiger charge is 2.16. The Kier molecular flexibility index (Phi) is 5.34. The quantitative estimate of drug-likeness (QED) is 0.820. The Bertz CT molecular complexity index is 598. The van der Waals surface area contributed by atoms with Gasteiger partial charge in [-0.3, -0.25) is 0 Å². The monoisotopic (exact) mass is 287 g/mol. The van der Waals surface area contributed by atoms with E-state index in [1.165, 1.54) is 6.07 Å². The van der Waals surface area contributed by atoms with E-state index in [-0.39, 0.29) is 11.9 Å². The van der Waals surface area contributed by atoms with Crippen LogP contribution in [0, 0.1) is 5.82 Å². The van der Waals surface area contributed by atoms with E-state index in [0.717, 1.165) is 29.8 Å². The molecule has 0 aliphatic rings. The summed E-state index contributed by atoms with van der Waals surface area (Å²) in [7, 11) is 0. The number of rotatable bonds is 6. The fourth-order valence-corrected chi connectivity index (χ4v) is 2.40. The minimum absolute atomic E-state index is 0.0366. The predicted molar refractivity (Wildman–Crippen MR) is 84.4 cm³/mol. The van der Waals surface area contributed by atoms with Gasteiger partial charge in [0.25, 0.3) is 0 Å². The van der Waals surface area contributed by atoms with Crippen LogP contribution in [0.15, 0.2) is 42.5 Å². The number of nitrogens with one attached hydrogen (secondary N) is 1. The normalized spacial score (nSPS) is 12.2. The zero-order valence-corrected chi connectivity index (χ0v) is 12.8. The van der Waals surface area contributed by atoms with Crippen LogP contribution in [0.5, 0.6) is 11.5 Å². The van der Waals surface area contributed by atoms with Crippen molar-refractivity contribution >= 4 is 0 Å². The molecule has 2 nitrogen and oxygen atoms in total. The van der Waals surface area contributed by atoms with E-state index in [2.05, 4.69) is 12.2 Å². The fourth-order valence-electron chi connectivity index (χ4n) is 2.40. The van der Waals surface area contributed by atoms with Gasteiger partial charge in [-0.05, 0) is 37.6 Å². The van der Waals surface area contributed by atoms with Crippen molar-refractivity contribution < 1.29 is 9.13 Å². The second kappa shape index (κ2) is 7.23. The highest BCUT2D eigenvalue weighted by atomic mass is 19.1. The van der Waals surface area contributed by atoms with Gasteiger partial charge in [-0.25, -0.2) is 4.39 Å². The van der Waals surface area contributed by atoms with E-state index < -0.39 is 0 Å². The summed E-state index contributed by atoms with van der Waals surface area (Å²) in [5, 5.41) is 3.30. The van der Waals surface area contributed by atoms with Crippen molar-refractivity contribution in [3.8, 4) is 11.5 Å². The molecule has 3 heteroatoms. The molecule has 0 aromatic heterocycles. The molecule has 1 N–H and O–H groups in total. The third kappa shape index (κ3) is 3.61. The van der Waals surface area contributed by atoms with Crippen molar-refractivity contribution in [3.63, 3.8) is 0 Å². The highest BCUT2D eigenvalue weighted by Crippen LogP contribution is 2.33. The number of benzene rings is 2. The topological polar surface area (TPSA) is 21.3 Å². The van der Waals surface area contributed by atoms with E-state index in [1.807, 2.05) is 44.2 Å². The molecule has 0 bridgehead atoms. The van der Waals surface area contributed by atoms with Crippen molar-refractivity contribution in [2.45, 2.75) is 33.2 Å². The van der Waals surface area contributed by atoms with Crippen molar-refractivity contribution in [2.75, 3.05) is 6.54 Å². The van der Waals surface area contributed by atoms with Crippen molar-refractivity contribution in [1.29, 1.82) is 0 Å². The maximum absolute atomic E-state index is 14.2. The summed E-state index contributed by atoms with van der Waals surface area (Å²) in [5.41, 5.74) is 1.91. The minimum Gasteiger partial charge on any atom is -0.454 e. The minimum atomic E-state index is -0.330. The Hall–Kier alpha value is -1.87. The van der Waals surface area contributed by atoms with E-state index >= 15 is 0 Å². The SMILES string of the molecule is CCNC(C)c1cccc(F)c1Oc1ccccc1CC. The molecular weight excluding hydrogens is 265 g/mol. The van der Waals surface area contributed by atoms with Gasteiger partial charge in [-0.1, -0.05) is 44.2 Å². The second-order valence-corrected chi connectivity index (χ2v) is 5.00. The lowest BCUT2D eigenvalue weighted by Gasteiger charge is -2.19. The molecule has 112 valence electrons. The summed E-state index contributed by atoms with van der Waals surface area (Å²) in [4.78, 5) is 0. The Morgan fingerprint density at radius 3 is 2.57 bits per heavy atom. The Balaban J connectivity index is 2.39. The van der Waals surface area contributed by atoms with Crippen LogP contribution in [0.25, 0.3) is 0 Å². The number of aryl methyl sites for hydroxylation is 1. The average Bonchev–Trinajstić information content (AvgIpc) is 2.50. The van der Waals surface area contributed by atoms with Gasteiger partial charge in [0, 0.05) is 11.6 Å². The molecule has 1 unspecified atom stereocenters. The molecule has 0 aliphatic heterocycles. The zero-order chi connectivity index (χ0) is 15.2. The Labute approximate surface area is 126 Å². The van der Waals surface area contributed by atoms with E-state index in [9.17, 15) is 4.39 Å². The van der Waals surface area contributed by atoms with Gasteiger partial charge in [0.15, 0.2) is 11.6 Å². The van der Waals surface area contributed by atoms with Crippen LogP contribution in [-0.2, 0) is 6.42 Å². The summed E-state index contributed by atoms with van der Waals surface area (Å²) < 4.78 is 20.1. The largest absolute Gasteiger partial charge is 0.454 e. The number of hydrogen-bond acceptors (Lipinski definition) is 2. The Morgan fingerprint density at radius 2 is 1.86 bits per heavy atom. The van der Waals surface area contributed by atoms with Gasteiger partial charge in [0.1, 0.15) is 5.75 Å². The van der Waals surface area contributed by atoms with Gasteiger partial charge in [0.05, 0.1) is 0 Å². The molecule has 2 aromatic carbocycles. The van der Waals surface area contributed by atoms with Gasteiger partial charge >= 0.3 is 0 Å². The van der Waals surface area contributed by atoms with Crippen molar-refractivity contribution in [1.82, 2.24) is 5.32 Å². The average molecular weight is 287 g/mol. The van der Waals surface area contributed by atoms with E-state index in [0.29, 0.717) is 5.75 Å². The fraction of sp³-hybridized carbons (Fsp3) is 0.333. The van der Waals surface area contributed by atoms with Crippen LogP contribution in [-0.4, -0.2) is 6.54 Å². The maximum Gasteiger partial charge on any atom is 0.167 e. The van der Waals surface area contributed by atoms with Crippen LogP contribution in [0.2, 0.25) is 0 Å². The van der Waals surface area contributed by atoms with Gasteiger partial charge in [-0.2, -0.15) is 0 Å². The van der Waals surface area contributed by atoms with Crippen LogP contribution >= 0.6 is 0 Å². The summed E-state index contributed by atoms with van der Waals surface area (Å²) in [6.07, 6.45) is 0.850. The molecule has 0 heterocycles. The lowest BCUT2D eigenvalue weighted by molar-refractivity contribution is 0.423. The summed E-state index contributed by atoms with van der Waals surface area (Å²) in [5.74, 6) is 0.699. The number of hydrogen-bond donors (Lipinski definition) is 1. The molecule has 2 rings (SSSR count). The van der Waals surface area contributed by atoms with Crippen LogP contribution in [0.1, 0.15) is 37.9 Å². The number of ether oxygens (including phenoxy) is 1. The molecule has 0 amide bonds. The van der Waals surface area contributed by atoms with E-state index in [1.54, 1.807) is 6.07 Å². The molecular formula is C18H22FNO. The molecule has 0 fully saturated rings. The Morgan fingerprint density at radius 1 is 1.10 bits per heavy atom. The standard InChI is InChI=1S/C18H22FNO/c1-4-14-9-6-7-12-17(14)21-18-15(13(3)20-5-2)10-8-11-16(18)19/h6-13,20H,4-5H2,1-3H3. The van der Waals surface area contributed by atoms with Crippen molar-refractivity contribution in [3.05, 3.63) is 59.4 Å². The first-order chi connectivity index (χ1) is 10.2. The summed E-state index contributed by atoms with van der Waals surface area (Å²) in [6.45, 7) is 6.92. The molecule has 1 atom stereocenters. The third-order valence-electron chi connectivity index (χ3n) is 3.54. The molecule has 2 aromatic rings. The van der Waals surface area contributed by atoms with Gasteiger partial charge in [-0.15, -0.1) is 0 Å². The molecule has 0 saturated carbocycles. The lowest BCUT2D eigenvalue weighted by Crippen LogP contribution is -2.18. The van der Waals surface area contributed by atoms with Gasteiger partial charge < -0.3 is 10.1 Å². The number of halogens is 1. The first-order valence-corrected chi connectivity index (χ1v) is 7.44. The molecule has 0 aliphatic carbocycles. The predicted octanol–water partition coefficient (Wildman–Crippen LogP) is 4.85. The smallest absolute Gasteiger partial charge is 0.167 e. The van der Waals surface area contributed by atoms with Crippen molar-refractivity contribution in [2.24, 2.45) is 0 Å². The first kappa shape index (κ1) is 15.5. The maximum atomic E-state index is 14.2. The molecule has 0 saturated heterocycles. The lowest BCUT2D eigenvalue weighted by atomic mass is 10.1. The molecule has 21 heavy (non-hydrogen) atoms. The van der Waals surface area contributed by atoms with Crippen LogP contribution in [0.4, 0.5) is 4.39 Å². The summed E-state index contributed by atoms with van der Waals surface area (Å²) in [6, 6.07) is 12.9. The highest BCUT2D eigenvalue weighted by molar-refractivity contribution is 5.43. The molecule has 0 spiro atoms.